The highest BCUT2D eigenvalue weighted by Crippen LogP contribution is 2.33. The van der Waals surface area contributed by atoms with Crippen LogP contribution < -0.4 is 14.4 Å². The van der Waals surface area contributed by atoms with Gasteiger partial charge in [0.05, 0.1) is 17.2 Å². The van der Waals surface area contributed by atoms with Crippen LogP contribution in [0.25, 0.3) is 0 Å². The summed E-state index contributed by atoms with van der Waals surface area (Å²) in [5.74, 6) is -0.555. The van der Waals surface area contributed by atoms with Gasteiger partial charge in [0, 0.05) is 24.0 Å². The molecular formula is C37H42ClN3O5S. The summed E-state index contributed by atoms with van der Waals surface area (Å²) in [5, 5.41) is 3.43. The van der Waals surface area contributed by atoms with Gasteiger partial charge in [-0.2, -0.15) is 0 Å². The second-order valence-electron chi connectivity index (χ2n) is 11.4. The van der Waals surface area contributed by atoms with E-state index in [1.54, 1.807) is 31.2 Å². The Labute approximate surface area is 283 Å². The molecule has 2 atom stereocenters. The van der Waals surface area contributed by atoms with Gasteiger partial charge in [0.15, 0.2) is 0 Å². The Bertz CT molecular complexity index is 1730. The number of carbonyl (C=O) groups excluding carboxylic acids is 2. The SMILES string of the molecule is CCOc1ccccc1N(CC(=O)N(Cc1ccc(C)cc1)[C@@H](Cc1ccccc1)C(=O)N[C@H](C)CC)S(=O)(=O)c1ccc(Cl)cc1. The van der Waals surface area contributed by atoms with Gasteiger partial charge < -0.3 is 15.0 Å². The molecule has 8 nitrogen and oxygen atoms in total. The molecule has 0 radical (unpaired) electrons. The number of nitrogens with zero attached hydrogens (tertiary/aromatic N) is 2. The van der Waals surface area contributed by atoms with E-state index in [0.29, 0.717) is 17.2 Å². The average Bonchev–Trinajstić information content (AvgIpc) is 3.07. The summed E-state index contributed by atoms with van der Waals surface area (Å²) in [6, 6.07) is 28.6. The van der Waals surface area contributed by atoms with Crippen LogP contribution in [0, 0.1) is 6.92 Å². The Morgan fingerprint density at radius 1 is 0.851 bits per heavy atom. The van der Waals surface area contributed by atoms with Crippen molar-refractivity contribution in [3.8, 4) is 5.75 Å². The molecule has 4 rings (SSSR count). The Morgan fingerprint density at radius 2 is 1.49 bits per heavy atom. The van der Waals surface area contributed by atoms with Gasteiger partial charge in [0.1, 0.15) is 18.3 Å². The summed E-state index contributed by atoms with van der Waals surface area (Å²) < 4.78 is 35.5. The van der Waals surface area contributed by atoms with Gasteiger partial charge >= 0.3 is 0 Å². The molecule has 0 saturated heterocycles. The zero-order valence-corrected chi connectivity index (χ0v) is 28.8. The van der Waals surface area contributed by atoms with Gasteiger partial charge in [-0.1, -0.05) is 90.8 Å². The van der Waals surface area contributed by atoms with Crippen LogP contribution >= 0.6 is 11.6 Å². The number of amides is 2. The normalized spacial score (nSPS) is 12.5. The number of hydrogen-bond acceptors (Lipinski definition) is 5. The standard InChI is InChI=1S/C37H42ClN3O5S/c1-5-28(4)39-37(43)34(24-29-12-8-7-9-13-29)40(25-30-18-16-27(3)17-19-30)36(42)26-41(33-14-10-11-15-35(33)46-6-2)47(44,45)32-22-20-31(38)21-23-32/h7-23,28,34H,5-6,24-26H2,1-4H3,(H,39,43)/t28-,34+/m1/s1. The van der Waals surface area contributed by atoms with Crippen LogP contribution in [0.1, 0.15) is 43.9 Å². The number of carbonyl (C=O) groups is 2. The number of halogens is 1. The number of benzene rings is 4. The fraction of sp³-hybridized carbons (Fsp3) is 0.297. The van der Waals surface area contributed by atoms with Crippen molar-refractivity contribution in [3.05, 3.63) is 125 Å². The minimum absolute atomic E-state index is 0.0403. The van der Waals surface area contributed by atoms with E-state index in [2.05, 4.69) is 5.32 Å². The van der Waals surface area contributed by atoms with Gasteiger partial charge in [0.2, 0.25) is 11.8 Å². The van der Waals surface area contributed by atoms with Gasteiger partial charge in [-0.05, 0) is 74.7 Å². The molecule has 10 heteroatoms. The molecule has 0 bridgehead atoms. The molecule has 0 aliphatic rings. The number of aryl methyl sites for hydroxylation is 1. The van der Waals surface area contributed by atoms with Crippen LogP contribution in [-0.2, 0) is 32.6 Å². The number of rotatable bonds is 15. The highest BCUT2D eigenvalue weighted by Gasteiger charge is 2.35. The molecule has 2 amide bonds. The van der Waals surface area contributed by atoms with Gasteiger partial charge in [0.25, 0.3) is 10.0 Å². The van der Waals surface area contributed by atoms with Crippen LogP contribution in [0.2, 0.25) is 5.02 Å². The first-order valence-electron chi connectivity index (χ1n) is 15.7. The van der Waals surface area contributed by atoms with E-state index < -0.39 is 28.5 Å². The lowest BCUT2D eigenvalue weighted by Crippen LogP contribution is -2.54. The summed E-state index contributed by atoms with van der Waals surface area (Å²) in [7, 11) is -4.30. The lowest BCUT2D eigenvalue weighted by atomic mass is 10.0. The van der Waals surface area contributed by atoms with E-state index >= 15 is 0 Å². The molecule has 0 heterocycles. The summed E-state index contributed by atoms with van der Waals surface area (Å²) in [6.07, 6.45) is 0.942. The van der Waals surface area contributed by atoms with Crippen LogP contribution in [0.5, 0.6) is 5.75 Å². The number of para-hydroxylation sites is 2. The van der Waals surface area contributed by atoms with Crippen molar-refractivity contribution in [2.75, 3.05) is 17.5 Å². The van der Waals surface area contributed by atoms with Crippen LogP contribution in [0.3, 0.4) is 0 Å². The summed E-state index contributed by atoms with van der Waals surface area (Å²) in [6.45, 7) is 7.45. The van der Waals surface area contributed by atoms with Crippen LogP contribution in [0.15, 0.2) is 108 Å². The number of ether oxygens (including phenoxy) is 1. The second-order valence-corrected chi connectivity index (χ2v) is 13.7. The van der Waals surface area contributed by atoms with E-state index in [1.807, 2.05) is 75.4 Å². The third-order valence-corrected chi connectivity index (χ3v) is 9.89. The molecule has 0 aliphatic carbocycles. The van der Waals surface area contributed by atoms with Crippen molar-refractivity contribution in [2.45, 2.75) is 64.1 Å². The Hall–Kier alpha value is -4.34. The molecule has 0 fully saturated rings. The lowest BCUT2D eigenvalue weighted by Gasteiger charge is -2.34. The van der Waals surface area contributed by atoms with Crippen molar-refractivity contribution in [3.63, 3.8) is 0 Å². The molecule has 1 N–H and O–H groups in total. The minimum atomic E-state index is -4.30. The van der Waals surface area contributed by atoms with Gasteiger partial charge in [-0.3, -0.25) is 13.9 Å². The smallest absolute Gasteiger partial charge is 0.264 e. The first-order valence-corrected chi connectivity index (χ1v) is 17.5. The molecule has 0 spiro atoms. The number of anilines is 1. The predicted molar refractivity (Wildman–Crippen MR) is 187 cm³/mol. The summed E-state index contributed by atoms with van der Waals surface area (Å²) >= 11 is 6.09. The summed E-state index contributed by atoms with van der Waals surface area (Å²) in [5.41, 5.74) is 2.93. The topological polar surface area (TPSA) is 96.0 Å². The highest BCUT2D eigenvalue weighted by atomic mass is 35.5. The van der Waals surface area contributed by atoms with Crippen molar-refractivity contribution < 1.29 is 22.7 Å². The average molecular weight is 676 g/mol. The largest absolute Gasteiger partial charge is 0.492 e. The summed E-state index contributed by atoms with van der Waals surface area (Å²) in [4.78, 5) is 30.1. The van der Waals surface area contributed by atoms with E-state index in [-0.39, 0.29) is 42.1 Å². The van der Waals surface area contributed by atoms with E-state index in [4.69, 9.17) is 16.3 Å². The molecule has 4 aromatic carbocycles. The zero-order valence-electron chi connectivity index (χ0n) is 27.2. The first kappa shape index (κ1) is 35.5. The quantitative estimate of drug-likeness (QED) is 0.150. The first-order chi connectivity index (χ1) is 22.5. The molecule has 0 unspecified atom stereocenters. The van der Waals surface area contributed by atoms with Gasteiger partial charge in [-0.15, -0.1) is 0 Å². The Balaban J connectivity index is 1.84. The number of hydrogen-bond donors (Lipinski definition) is 1. The van der Waals surface area contributed by atoms with Gasteiger partial charge in [-0.25, -0.2) is 8.42 Å². The number of sulfonamides is 1. The zero-order chi connectivity index (χ0) is 34.0. The molecule has 0 aliphatic heterocycles. The highest BCUT2D eigenvalue weighted by molar-refractivity contribution is 7.92. The van der Waals surface area contributed by atoms with E-state index in [0.717, 1.165) is 21.0 Å². The fourth-order valence-electron chi connectivity index (χ4n) is 5.07. The van der Waals surface area contributed by atoms with Crippen molar-refractivity contribution in [1.29, 1.82) is 0 Å². The molecule has 47 heavy (non-hydrogen) atoms. The maximum absolute atomic E-state index is 14.7. The molecule has 248 valence electrons. The van der Waals surface area contributed by atoms with Crippen molar-refractivity contribution >= 4 is 39.1 Å². The van der Waals surface area contributed by atoms with Crippen molar-refractivity contribution in [2.24, 2.45) is 0 Å². The molecular weight excluding hydrogens is 634 g/mol. The maximum atomic E-state index is 14.7. The molecule has 4 aromatic rings. The lowest BCUT2D eigenvalue weighted by molar-refractivity contribution is -0.140. The minimum Gasteiger partial charge on any atom is -0.492 e. The third kappa shape index (κ3) is 9.36. The van der Waals surface area contributed by atoms with Crippen molar-refractivity contribution in [1.82, 2.24) is 10.2 Å². The molecule has 0 aromatic heterocycles. The van der Waals surface area contributed by atoms with Crippen LogP contribution in [-0.4, -0.2) is 50.4 Å². The fourth-order valence-corrected chi connectivity index (χ4v) is 6.62. The molecule has 0 saturated carbocycles. The third-order valence-electron chi connectivity index (χ3n) is 7.86. The Kier molecular flexibility index (Phi) is 12.4. The van der Waals surface area contributed by atoms with E-state index in [9.17, 15) is 18.0 Å². The maximum Gasteiger partial charge on any atom is 0.264 e. The number of nitrogens with one attached hydrogen (secondary N) is 1. The second kappa shape index (κ2) is 16.5. The monoisotopic (exact) mass is 675 g/mol. The predicted octanol–water partition coefficient (Wildman–Crippen LogP) is 6.80. The van der Waals surface area contributed by atoms with E-state index in [1.165, 1.54) is 29.2 Å². The van der Waals surface area contributed by atoms with Crippen LogP contribution in [0.4, 0.5) is 5.69 Å². The Morgan fingerprint density at radius 3 is 2.13 bits per heavy atom.